The molecule has 1 aromatic heterocycles. The van der Waals surface area contributed by atoms with Crippen molar-refractivity contribution in [3.8, 4) is 5.75 Å². The van der Waals surface area contributed by atoms with E-state index >= 15 is 0 Å². The van der Waals surface area contributed by atoms with Gasteiger partial charge in [-0.2, -0.15) is 0 Å². The lowest BCUT2D eigenvalue weighted by Gasteiger charge is -2.33. The van der Waals surface area contributed by atoms with E-state index in [9.17, 15) is 4.79 Å². The molecule has 144 valence electrons. The lowest BCUT2D eigenvalue weighted by Crippen LogP contribution is -2.44. The van der Waals surface area contributed by atoms with E-state index in [4.69, 9.17) is 4.74 Å². The SMILES string of the molecule is CN1CCN(c2ccc(CNC(=O)CCCOc3ccccc3)cn2)CC1. The van der Waals surface area contributed by atoms with Crippen LogP contribution in [0.4, 0.5) is 5.82 Å². The molecule has 6 nitrogen and oxygen atoms in total. The number of nitrogens with one attached hydrogen (secondary N) is 1. The fourth-order valence-electron chi connectivity index (χ4n) is 2.97. The van der Waals surface area contributed by atoms with Gasteiger partial charge in [-0.1, -0.05) is 24.3 Å². The first-order chi connectivity index (χ1) is 13.2. The Bertz CT molecular complexity index is 698. The van der Waals surface area contributed by atoms with Crippen LogP contribution >= 0.6 is 0 Å². The lowest BCUT2D eigenvalue weighted by molar-refractivity contribution is -0.121. The van der Waals surface area contributed by atoms with Crippen LogP contribution in [0.15, 0.2) is 48.7 Å². The summed E-state index contributed by atoms with van der Waals surface area (Å²) in [5.74, 6) is 1.88. The predicted molar refractivity (Wildman–Crippen MR) is 107 cm³/mol. The number of likely N-dealkylation sites (N-methyl/N-ethyl adjacent to an activating group) is 1. The molecule has 1 fully saturated rings. The van der Waals surface area contributed by atoms with Crippen molar-refractivity contribution in [1.82, 2.24) is 15.2 Å². The number of carbonyl (C=O) groups is 1. The Morgan fingerprint density at radius 3 is 2.59 bits per heavy atom. The second kappa shape index (κ2) is 9.92. The van der Waals surface area contributed by atoms with E-state index in [0.717, 1.165) is 43.3 Å². The Labute approximate surface area is 161 Å². The number of ether oxygens (including phenoxy) is 1. The minimum atomic E-state index is 0.0369. The highest BCUT2D eigenvalue weighted by molar-refractivity contribution is 5.75. The van der Waals surface area contributed by atoms with Gasteiger partial charge >= 0.3 is 0 Å². The Kier molecular flexibility index (Phi) is 7.04. The lowest BCUT2D eigenvalue weighted by atomic mass is 10.2. The molecule has 0 saturated carbocycles. The average Bonchev–Trinajstić information content (AvgIpc) is 2.71. The fourth-order valence-corrected chi connectivity index (χ4v) is 2.97. The number of benzene rings is 1. The van der Waals surface area contributed by atoms with Gasteiger partial charge in [-0.3, -0.25) is 4.79 Å². The van der Waals surface area contributed by atoms with Crippen LogP contribution in [0.25, 0.3) is 0 Å². The average molecular weight is 368 g/mol. The van der Waals surface area contributed by atoms with E-state index < -0.39 is 0 Å². The van der Waals surface area contributed by atoms with Gasteiger partial charge in [0.1, 0.15) is 11.6 Å². The van der Waals surface area contributed by atoms with Crippen LogP contribution in [0.2, 0.25) is 0 Å². The summed E-state index contributed by atoms with van der Waals surface area (Å²) in [5, 5.41) is 2.95. The first-order valence-electron chi connectivity index (χ1n) is 9.54. The van der Waals surface area contributed by atoms with Crippen molar-refractivity contribution < 1.29 is 9.53 Å². The van der Waals surface area contributed by atoms with Gasteiger partial charge in [0.15, 0.2) is 0 Å². The van der Waals surface area contributed by atoms with Crippen molar-refractivity contribution in [1.29, 1.82) is 0 Å². The number of rotatable bonds is 8. The standard InChI is InChI=1S/C21H28N4O2/c1-24-11-13-25(14-12-24)20-10-9-18(16-22-20)17-23-21(26)8-5-15-27-19-6-3-2-4-7-19/h2-4,6-7,9-10,16H,5,8,11-15,17H2,1H3,(H,23,26). The van der Waals surface area contributed by atoms with E-state index in [1.165, 1.54) is 0 Å². The van der Waals surface area contributed by atoms with Gasteiger partial charge in [-0.15, -0.1) is 0 Å². The third-order valence-electron chi connectivity index (χ3n) is 4.69. The molecule has 0 atom stereocenters. The zero-order chi connectivity index (χ0) is 18.9. The molecule has 6 heteroatoms. The summed E-state index contributed by atoms with van der Waals surface area (Å²) in [6, 6.07) is 13.7. The van der Waals surface area contributed by atoms with E-state index in [-0.39, 0.29) is 5.91 Å². The molecule has 1 amide bonds. The van der Waals surface area contributed by atoms with Gasteiger partial charge in [0, 0.05) is 45.3 Å². The maximum Gasteiger partial charge on any atom is 0.220 e. The van der Waals surface area contributed by atoms with Crippen LogP contribution in [-0.4, -0.2) is 55.6 Å². The number of aromatic nitrogens is 1. The molecule has 1 aromatic carbocycles. The molecule has 1 aliphatic rings. The fraction of sp³-hybridized carbons (Fsp3) is 0.429. The first-order valence-corrected chi connectivity index (χ1v) is 9.54. The van der Waals surface area contributed by atoms with Gasteiger partial charge in [-0.25, -0.2) is 4.98 Å². The number of hydrogen-bond acceptors (Lipinski definition) is 5. The smallest absolute Gasteiger partial charge is 0.220 e. The summed E-state index contributed by atoms with van der Waals surface area (Å²) in [7, 11) is 2.14. The number of hydrogen-bond donors (Lipinski definition) is 1. The molecular formula is C21H28N4O2. The maximum atomic E-state index is 12.0. The van der Waals surface area contributed by atoms with Gasteiger partial charge in [0.2, 0.25) is 5.91 Å². The quantitative estimate of drug-likeness (QED) is 0.725. The topological polar surface area (TPSA) is 57.7 Å². The summed E-state index contributed by atoms with van der Waals surface area (Å²) in [6.45, 7) is 5.18. The van der Waals surface area contributed by atoms with E-state index in [2.05, 4.69) is 27.1 Å². The summed E-state index contributed by atoms with van der Waals surface area (Å²) in [6.07, 6.45) is 3.01. The van der Waals surface area contributed by atoms with Crippen molar-refractivity contribution in [3.05, 3.63) is 54.2 Å². The first kappa shape index (κ1) is 19.2. The van der Waals surface area contributed by atoms with E-state index in [0.29, 0.717) is 26.0 Å². The summed E-state index contributed by atoms with van der Waals surface area (Å²) in [4.78, 5) is 21.1. The zero-order valence-corrected chi connectivity index (χ0v) is 15.9. The molecule has 1 aliphatic heterocycles. The Morgan fingerprint density at radius 1 is 1.11 bits per heavy atom. The van der Waals surface area contributed by atoms with Crippen LogP contribution < -0.4 is 15.0 Å². The minimum absolute atomic E-state index is 0.0369. The minimum Gasteiger partial charge on any atom is -0.494 e. The highest BCUT2D eigenvalue weighted by atomic mass is 16.5. The van der Waals surface area contributed by atoms with Crippen molar-refractivity contribution in [3.63, 3.8) is 0 Å². The van der Waals surface area contributed by atoms with Crippen LogP contribution in [0.3, 0.4) is 0 Å². The molecule has 2 aromatic rings. The van der Waals surface area contributed by atoms with Gasteiger partial charge in [-0.05, 0) is 37.2 Å². The highest BCUT2D eigenvalue weighted by Gasteiger charge is 2.14. The number of para-hydroxylation sites is 1. The van der Waals surface area contributed by atoms with Crippen LogP contribution in [-0.2, 0) is 11.3 Å². The second-order valence-corrected chi connectivity index (χ2v) is 6.86. The second-order valence-electron chi connectivity index (χ2n) is 6.86. The maximum absolute atomic E-state index is 12.0. The van der Waals surface area contributed by atoms with Crippen molar-refractivity contribution in [2.45, 2.75) is 19.4 Å². The summed E-state index contributed by atoms with van der Waals surface area (Å²) < 4.78 is 5.60. The monoisotopic (exact) mass is 368 g/mol. The van der Waals surface area contributed by atoms with Gasteiger partial charge in [0.25, 0.3) is 0 Å². The molecular weight excluding hydrogens is 340 g/mol. The molecule has 0 aliphatic carbocycles. The Hall–Kier alpha value is -2.60. The summed E-state index contributed by atoms with van der Waals surface area (Å²) in [5.41, 5.74) is 1.02. The van der Waals surface area contributed by atoms with E-state index in [1.54, 1.807) is 0 Å². The molecule has 2 heterocycles. The molecule has 1 N–H and O–H groups in total. The molecule has 0 spiro atoms. The Balaban J connectivity index is 1.34. The molecule has 0 unspecified atom stereocenters. The van der Waals surface area contributed by atoms with Gasteiger partial charge in [0.05, 0.1) is 6.61 Å². The van der Waals surface area contributed by atoms with Crippen LogP contribution in [0.5, 0.6) is 5.75 Å². The van der Waals surface area contributed by atoms with Crippen molar-refractivity contribution in [2.75, 3.05) is 44.7 Å². The molecule has 27 heavy (non-hydrogen) atoms. The van der Waals surface area contributed by atoms with Crippen LogP contribution in [0.1, 0.15) is 18.4 Å². The normalized spacial score (nSPS) is 14.8. The predicted octanol–water partition coefficient (Wildman–Crippen LogP) is 2.31. The summed E-state index contributed by atoms with van der Waals surface area (Å²) >= 11 is 0. The third kappa shape index (κ3) is 6.25. The number of carbonyl (C=O) groups excluding carboxylic acids is 1. The van der Waals surface area contributed by atoms with Gasteiger partial charge < -0.3 is 19.9 Å². The van der Waals surface area contributed by atoms with E-state index in [1.807, 2.05) is 48.7 Å². The number of piperazine rings is 1. The number of anilines is 1. The highest BCUT2D eigenvalue weighted by Crippen LogP contribution is 2.13. The third-order valence-corrected chi connectivity index (χ3v) is 4.69. The number of amides is 1. The largest absolute Gasteiger partial charge is 0.494 e. The Morgan fingerprint density at radius 2 is 1.89 bits per heavy atom. The molecule has 0 radical (unpaired) electrons. The molecule has 3 rings (SSSR count). The van der Waals surface area contributed by atoms with Crippen molar-refractivity contribution >= 4 is 11.7 Å². The zero-order valence-electron chi connectivity index (χ0n) is 15.9. The number of nitrogens with zero attached hydrogens (tertiary/aromatic N) is 3. The van der Waals surface area contributed by atoms with Crippen molar-refractivity contribution in [2.24, 2.45) is 0 Å². The molecule has 0 bridgehead atoms. The molecule has 1 saturated heterocycles. The number of pyridine rings is 1. The van der Waals surface area contributed by atoms with Crippen LogP contribution in [0, 0.1) is 0 Å².